The monoisotopic (exact) mass is 377 g/mol. The molecule has 3 fully saturated rings. The number of carbonyl (C=O) groups excluding carboxylic acids is 2. The minimum atomic E-state index is -3.69. The lowest BCUT2D eigenvalue weighted by Gasteiger charge is -2.25. The number of likely N-dealkylation sites (tertiary alicyclic amines) is 2. The highest BCUT2D eigenvalue weighted by molar-refractivity contribution is 7.89. The number of sulfonamides is 1. The molecule has 0 aromatic heterocycles. The van der Waals surface area contributed by atoms with E-state index in [2.05, 4.69) is 0 Å². The second-order valence-corrected chi connectivity index (χ2v) is 9.02. The molecule has 2 N–H and O–H groups in total. The molecule has 0 spiro atoms. The van der Waals surface area contributed by atoms with E-state index in [1.807, 2.05) is 9.80 Å². The molecule has 3 aliphatic rings. The number of rotatable bonds is 5. The van der Waals surface area contributed by atoms with Crippen molar-refractivity contribution in [2.75, 3.05) is 13.1 Å². The molecule has 7 nitrogen and oxygen atoms in total. The Morgan fingerprint density at radius 2 is 1.81 bits per heavy atom. The number of nitrogens with zero attached hydrogens (tertiary/aromatic N) is 2. The molecule has 2 saturated heterocycles. The molecule has 1 aromatic carbocycles. The number of hydrogen-bond donors (Lipinski definition) is 1. The Morgan fingerprint density at radius 3 is 2.42 bits per heavy atom. The molecule has 26 heavy (non-hydrogen) atoms. The van der Waals surface area contributed by atoms with Crippen LogP contribution in [0.3, 0.4) is 0 Å². The summed E-state index contributed by atoms with van der Waals surface area (Å²) < 4.78 is 22.6. The minimum absolute atomic E-state index is 0.0281. The third-order valence-corrected chi connectivity index (χ3v) is 6.65. The summed E-state index contributed by atoms with van der Waals surface area (Å²) in [5, 5.41) is 5.11. The SMILES string of the molecule is NS(=O)(=O)c1ccc(CCN2C(=O)C[C@H]3[C@@H]2CCN3C(=O)C2CC2)cc1. The summed E-state index contributed by atoms with van der Waals surface area (Å²) in [5.74, 6) is 0.524. The summed E-state index contributed by atoms with van der Waals surface area (Å²) in [6, 6.07) is 6.59. The normalized spacial score (nSPS) is 25.7. The van der Waals surface area contributed by atoms with Crippen molar-refractivity contribution in [3.63, 3.8) is 0 Å². The second kappa shape index (κ2) is 6.35. The van der Waals surface area contributed by atoms with Crippen LogP contribution in [0.15, 0.2) is 29.2 Å². The van der Waals surface area contributed by atoms with Crippen LogP contribution in [-0.4, -0.2) is 55.2 Å². The van der Waals surface area contributed by atoms with Gasteiger partial charge in [0.15, 0.2) is 0 Å². The highest BCUT2D eigenvalue weighted by Crippen LogP contribution is 2.38. The molecule has 0 unspecified atom stereocenters. The molecule has 1 saturated carbocycles. The molecule has 2 heterocycles. The molecule has 2 aliphatic heterocycles. The Labute approximate surface area is 153 Å². The molecule has 4 rings (SSSR count). The summed E-state index contributed by atoms with van der Waals surface area (Å²) in [5.41, 5.74) is 0.956. The molecule has 140 valence electrons. The van der Waals surface area contributed by atoms with E-state index >= 15 is 0 Å². The second-order valence-electron chi connectivity index (χ2n) is 7.46. The number of primary sulfonamides is 1. The number of carbonyl (C=O) groups is 2. The smallest absolute Gasteiger partial charge is 0.238 e. The summed E-state index contributed by atoms with van der Waals surface area (Å²) in [4.78, 5) is 28.8. The van der Waals surface area contributed by atoms with Crippen molar-refractivity contribution in [1.82, 2.24) is 9.80 Å². The van der Waals surface area contributed by atoms with Gasteiger partial charge in [0, 0.05) is 25.4 Å². The van der Waals surface area contributed by atoms with E-state index in [0.717, 1.165) is 31.4 Å². The van der Waals surface area contributed by atoms with Gasteiger partial charge < -0.3 is 9.80 Å². The fraction of sp³-hybridized carbons (Fsp3) is 0.556. The van der Waals surface area contributed by atoms with E-state index in [1.54, 1.807) is 12.1 Å². The van der Waals surface area contributed by atoms with Gasteiger partial charge >= 0.3 is 0 Å². The Kier molecular flexibility index (Phi) is 4.27. The van der Waals surface area contributed by atoms with Crippen molar-refractivity contribution in [3.8, 4) is 0 Å². The summed E-state index contributed by atoms with van der Waals surface area (Å²) >= 11 is 0. The van der Waals surface area contributed by atoms with Gasteiger partial charge in [0.2, 0.25) is 21.8 Å². The van der Waals surface area contributed by atoms with Crippen molar-refractivity contribution in [1.29, 1.82) is 0 Å². The quantitative estimate of drug-likeness (QED) is 0.807. The number of fused-ring (bicyclic) bond motifs is 1. The molecule has 2 atom stereocenters. The zero-order valence-electron chi connectivity index (χ0n) is 14.5. The van der Waals surface area contributed by atoms with Crippen LogP contribution in [-0.2, 0) is 26.0 Å². The van der Waals surface area contributed by atoms with Crippen molar-refractivity contribution >= 4 is 21.8 Å². The van der Waals surface area contributed by atoms with E-state index in [9.17, 15) is 18.0 Å². The molecule has 2 amide bonds. The van der Waals surface area contributed by atoms with Crippen LogP contribution in [0.2, 0.25) is 0 Å². The molecule has 8 heteroatoms. The van der Waals surface area contributed by atoms with Gasteiger partial charge in [-0.2, -0.15) is 0 Å². The third-order valence-electron chi connectivity index (χ3n) is 5.72. The lowest BCUT2D eigenvalue weighted by atomic mass is 10.1. The fourth-order valence-corrected chi connectivity index (χ4v) is 4.67. The average Bonchev–Trinajstić information content (AvgIpc) is 3.29. The molecule has 0 radical (unpaired) electrons. The number of nitrogens with two attached hydrogens (primary N) is 1. The van der Waals surface area contributed by atoms with E-state index in [0.29, 0.717) is 19.4 Å². The van der Waals surface area contributed by atoms with Gasteiger partial charge in [-0.25, -0.2) is 13.6 Å². The first-order chi connectivity index (χ1) is 12.3. The van der Waals surface area contributed by atoms with Crippen LogP contribution in [0.25, 0.3) is 0 Å². The van der Waals surface area contributed by atoms with Crippen LogP contribution >= 0.6 is 0 Å². The summed E-state index contributed by atoms with van der Waals surface area (Å²) in [6.45, 7) is 1.33. The first-order valence-electron chi connectivity index (χ1n) is 9.06. The van der Waals surface area contributed by atoms with Gasteiger partial charge in [-0.3, -0.25) is 9.59 Å². The predicted molar refractivity (Wildman–Crippen MR) is 94.5 cm³/mol. The van der Waals surface area contributed by atoms with Crippen LogP contribution < -0.4 is 5.14 Å². The number of hydrogen-bond acceptors (Lipinski definition) is 4. The highest BCUT2D eigenvalue weighted by Gasteiger charge is 2.49. The van der Waals surface area contributed by atoms with E-state index in [1.165, 1.54) is 12.1 Å². The van der Waals surface area contributed by atoms with Crippen molar-refractivity contribution in [3.05, 3.63) is 29.8 Å². The molecule has 1 aliphatic carbocycles. The van der Waals surface area contributed by atoms with Gasteiger partial charge in [-0.15, -0.1) is 0 Å². The van der Waals surface area contributed by atoms with Gasteiger partial charge in [-0.05, 0) is 43.4 Å². The Morgan fingerprint density at radius 1 is 1.12 bits per heavy atom. The lowest BCUT2D eigenvalue weighted by Crippen LogP contribution is -2.41. The first-order valence-corrected chi connectivity index (χ1v) is 10.6. The molecule has 1 aromatic rings. The summed E-state index contributed by atoms with van der Waals surface area (Å²) in [7, 11) is -3.69. The van der Waals surface area contributed by atoms with Gasteiger partial charge in [0.25, 0.3) is 0 Å². The average molecular weight is 377 g/mol. The van der Waals surface area contributed by atoms with Crippen LogP contribution in [0.5, 0.6) is 0 Å². The standard InChI is InChI=1S/C18H23N3O4S/c19-26(24,25)14-5-1-12(2-6-14)7-9-20-15-8-10-21(16(15)11-17(20)22)18(23)13-3-4-13/h1-2,5-6,13,15-16H,3-4,7-11H2,(H2,19,24,25)/t15-,16-/m0/s1. The Balaban J connectivity index is 1.39. The molecular weight excluding hydrogens is 354 g/mol. The maximum Gasteiger partial charge on any atom is 0.238 e. The maximum absolute atomic E-state index is 12.4. The van der Waals surface area contributed by atoms with Gasteiger partial charge in [0.1, 0.15) is 0 Å². The Hall–Kier alpha value is -1.93. The van der Waals surface area contributed by atoms with Crippen molar-refractivity contribution in [2.24, 2.45) is 11.1 Å². The van der Waals surface area contributed by atoms with Crippen LogP contribution in [0.4, 0.5) is 0 Å². The number of benzene rings is 1. The van der Waals surface area contributed by atoms with E-state index in [-0.39, 0.29) is 34.7 Å². The van der Waals surface area contributed by atoms with Crippen molar-refractivity contribution < 1.29 is 18.0 Å². The molecule has 0 bridgehead atoms. The maximum atomic E-state index is 12.4. The zero-order valence-corrected chi connectivity index (χ0v) is 15.3. The summed E-state index contributed by atoms with van der Waals surface area (Å²) in [6.07, 6.45) is 3.89. The highest BCUT2D eigenvalue weighted by atomic mass is 32.2. The fourth-order valence-electron chi connectivity index (χ4n) is 4.15. The Bertz CT molecular complexity index is 832. The van der Waals surface area contributed by atoms with Gasteiger partial charge in [-0.1, -0.05) is 12.1 Å². The van der Waals surface area contributed by atoms with Gasteiger partial charge in [0.05, 0.1) is 17.0 Å². The minimum Gasteiger partial charge on any atom is -0.337 e. The third kappa shape index (κ3) is 3.23. The predicted octanol–water partition coefficient (Wildman–Crippen LogP) is 0.488. The van der Waals surface area contributed by atoms with E-state index in [4.69, 9.17) is 5.14 Å². The molecular formula is C18H23N3O4S. The first kappa shape index (κ1) is 17.5. The van der Waals surface area contributed by atoms with E-state index < -0.39 is 10.0 Å². The lowest BCUT2D eigenvalue weighted by molar-refractivity contribution is -0.133. The van der Waals surface area contributed by atoms with Crippen molar-refractivity contribution in [2.45, 2.75) is 49.1 Å². The topological polar surface area (TPSA) is 101 Å². The largest absolute Gasteiger partial charge is 0.337 e. The zero-order chi connectivity index (χ0) is 18.5. The van der Waals surface area contributed by atoms with Crippen LogP contribution in [0, 0.1) is 5.92 Å². The number of amides is 2. The van der Waals surface area contributed by atoms with Crippen LogP contribution in [0.1, 0.15) is 31.2 Å².